The van der Waals surface area contributed by atoms with Crippen molar-refractivity contribution in [3.63, 3.8) is 0 Å². The van der Waals surface area contributed by atoms with E-state index in [1.165, 1.54) is 5.56 Å². The summed E-state index contributed by atoms with van der Waals surface area (Å²) in [7, 11) is 3.95. The lowest BCUT2D eigenvalue weighted by molar-refractivity contribution is -0.124. The number of imidazole rings is 1. The Labute approximate surface area is 165 Å². The number of carbonyl (C=O) groups excluding carboxylic acids is 1. The van der Waals surface area contributed by atoms with E-state index in [1.807, 2.05) is 6.07 Å². The van der Waals surface area contributed by atoms with E-state index in [9.17, 15) is 9.59 Å². The van der Waals surface area contributed by atoms with Gasteiger partial charge >= 0.3 is 5.69 Å². The van der Waals surface area contributed by atoms with Gasteiger partial charge in [0.15, 0.2) is 0 Å². The largest absolute Gasteiger partial charge is 0.329 e. The number of piperidine rings is 1. The number of amides is 1. The maximum absolute atomic E-state index is 12.9. The summed E-state index contributed by atoms with van der Waals surface area (Å²) in [5.74, 6) is -0.148. The van der Waals surface area contributed by atoms with E-state index < -0.39 is 6.04 Å². The van der Waals surface area contributed by atoms with Crippen LogP contribution in [0, 0.1) is 0 Å². The Morgan fingerprint density at radius 2 is 1.86 bits per heavy atom. The lowest BCUT2D eigenvalue weighted by atomic mass is 10.0. The summed E-state index contributed by atoms with van der Waals surface area (Å²) in [5, 5.41) is 2.79. The standard InChI is InChI=1S/C21H29N5O2/c1-15-4-6-18(20(27)22-15)26-17-7-5-16(14-19(17)24(3)21(26)28)8-9-25-12-10-23(2)11-13-25/h5,7,14,18H,1,4,6,8-13H2,2-3H3,(H,22,27). The molecule has 0 aliphatic carbocycles. The Hall–Kier alpha value is -2.38. The number of rotatable bonds is 4. The van der Waals surface area contributed by atoms with Crippen LogP contribution >= 0.6 is 0 Å². The average molecular weight is 383 g/mol. The molecule has 0 bridgehead atoms. The Balaban J connectivity index is 1.57. The SMILES string of the molecule is C=C1CCC(n2c(=O)n(C)c3cc(CCN4CCN(C)CC4)ccc32)C(=O)N1. The molecule has 2 aliphatic heterocycles. The van der Waals surface area contributed by atoms with Crippen LogP contribution < -0.4 is 11.0 Å². The molecule has 3 heterocycles. The van der Waals surface area contributed by atoms with E-state index in [-0.39, 0.29) is 11.6 Å². The molecule has 4 rings (SSSR count). The fourth-order valence-electron chi connectivity index (χ4n) is 4.23. The number of allylic oxidation sites excluding steroid dienone is 1. The van der Waals surface area contributed by atoms with Crippen LogP contribution in [0.3, 0.4) is 0 Å². The predicted molar refractivity (Wildman–Crippen MR) is 110 cm³/mol. The Bertz CT molecular complexity index is 965. The lowest BCUT2D eigenvalue weighted by Gasteiger charge is -2.32. The maximum atomic E-state index is 12.9. The highest BCUT2D eigenvalue weighted by molar-refractivity contribution is 5.86. The second-order valence-corrected chi connectivity index (χ2v) is 8.08. The molecule has 2 aromatic rings. The molecule has 7 heteroatoms. The van der Waals surface area contributed by atoms with Crippen molar-refractivity contribution in [3.05, 3.63) is 46.5 Å². The average Bonchev–Trinajstić information content (AvgIpc) is 2.92. The molecule has 0 saturated carbocycles. The quantitative estimate of drug-likeness (QED) is 0.859. The minimum absolute atomic E-state index is 0.140. The van der Waals surface area contributed by atoms with E-state index in [4.69, 9.17) is 0 Å². The van der Waals surface area contributed by atoms with Crippen LogP contribution in [-0.4, -0.2) is 64.6 Å². The van der Waals surface area contributed by atoms with Crippen molar-refractivity contribution >= 4 is 16.9 Å². The van der Waals surface area contributed by atoms with Crippen LogP contribution in [0.4, 0.5) is 0 Å². The summed E-state index contributed by atoms with van der Waals surface area (Å²) >= 11 is 0. The fraction of sp³-hybridized carbons (Fsp3) is 0.524. The zero-order valence-corrected chi connectivity index (χ0v) is 16.8. The third-order valence-corrected chi connectivity index (χ3v) is 6.10. The van der Waals surface area contributed by atoms with Gasteiger partial charge in [0, 0.05) is 45.5 Å². The molecule has 1 N–H and O–H groups in total. The van der Waals surface area contributed by atoms with E-state index >= 15 is 0 Å². The van der Waals surface area contributed by atoms with Gasteiger partial charge in [-0.05, 0) is 44.0 Å². The normalized spacial score (nSPS) is 22.0. The van der Waals surface area contributed by atoms with Crippen LogP contribution in [0.15, 0.2) is 35.3 Å². The number of piperazine rings is 1. The third-order valence-electron chi connectivity index (χ3n) is 6.10. The van der Waals surface area contributed by atoms with Gasteiger partial charge in [-0.3, -0.25) is 13.9 Å². The van der Waals surface area contributed by atoms with Crippen LogP contribution in [-0.2, 0) is 18.3 Å². The molecule has 1 unspecified atom stereocenters. The number of hydrogen-bond donors (Lipinski definition) is 1. The third kappa shape index (κ3) is 3.52. The van der Waals surface area contributed by atoms with E-state index in [0.29, 0.717) is 12.8 Å². The number of aryl methyl sites for hydroxylation is 1. The van der Waals surface area contributed by atoms with Crippen LogP contribution in [0.2, 0.25) is 0 Å². The molecule has 2 fully saturated rings. The summed E-state index contributed by atoms with van der Waals surface area (Å²) in [6, 6.07) is 5.71. The monoisotopic (exact) mass is 383 g/mol. The van der Waals surface area contributed by atoms with E-state index in [2.05, 4.69) is 40.9 Å². The summed E-state index contributed by atoms with van der Waals surface area (Å²) in [5.41, 5.74) is 3.52. The molecular weight excluding hydrogens is 354 g/mol. The van der Waals surface area contributed by atoms with Crippen LogP contribution in [0.1, 0.15) is 24.4 Å². The Morgan fingerprint density at radius 1 is 1.11 bits per heavy atom. The van der Waals surface area contributed by atoms with Gasteiger partial charge in [-0.15, -0.1) is 0 Å². The molecule has 1 amide bonds. The van der Waals surface area contributed by atoms with Gasteiger partial charge in [-0.2, -0.15) is 0 Å². The molecule has 2 saturated heterocycles. The molecular formula is C21H29N5O2. The highest BCUT2D eigenvalue weighted by Gasteiger charge is 2.29. The van der Waals surface area contributed by atoms with Gasteiger partial charge < -0.3 is 15.1 Å². The topological polar surface area (TPSA) is 62.5 Å². The summed E-state index contributed by atoms with van der Waals surface area (Å²) in [6.45, 7) is 9.30. The number of carbonyl (C=O) groups is 1. The fourth-order valence-corrected chi connectivity index (χ4v) is 4.23. The lowest BCUT2D eigenvalue weighted by Crippen LogP contribution is -2.45. The highest BCUT2D eigenvalue weighted by Crippen LogP contribution is 2.25. The molecule has 2 aliphatic rings. The first-order valence-electron chi connectivity index (χ1n) is 10.0. The maximum Gasteiger partial charge on any atom is 0.329 e. The van der Waals surface area contributed by atoms with Crippen molar-refractivity contribution in [3.8, 4) is 0 Å². The smallest absolute Gasteiger partial charge is 0.329 e. The molecule has 1 aromatic heterocycles. The molecule has 1 aromatic carbocycles. The minimum atomic E-state index is -0.474. The number of fused-ring (bicyclic) bond motifs is 1. The minimum Gasteiger partial charge on any atom is -0.329 e. The molecule has 1 atom stereocenters. The number of aromatic nitrogens is 2. The van der Waals surface area contributed by atoms with Crippen LogP contribution in [0.5, 0.6) is 0 Å². The number of benzene rings is 1. The summed E-state index contributed by atoms with van der Waals surface area (Å²) < 4.78 is 3.30. The van der Waals surface area contributed by atoms with E-state index in [0.717, 1.165) is 55.9 Å². The van der Waals surface area contributed by atoms with Gasteiger partial charge in [0.1, 0.15) is 6.04 Å². The van der Waals surface area contributed by atoms with Crippen molar-refractivity contribution < 1.29 is 4.79 Å². The van der Waals surface area contributed by atoms with Crippen molar-refractivity contribution in [2.45, 2.75) is 25.3 Å². The molecule has 7 nitrogen and oxygen atoms in total. The van der Waals surface area contributed by atoms with Gasteiger partial charge in [-0.25, -0.2) is 4.79 Å². The first-order valence-corrected chi connectivity index (χ1v) is 10.0. The van der Waals surface area contributed by atoms with Crippen LogP contribution in [0.25, 0.3) is 11.0 Å². The second kappa shape index (κ2) is 7.56. The molecule has 0 spiro atoms. The van der Waals surface area contributed by atoms with Crippen molar-refractivity contribution in [1.29, 1.82) is 0 Å². The molecule has 28 heavy (non-hydrogen) atoms. The van der Waals surface area contributed by atoms with Gasteiger partial charge in [-0.1, -0.05) is 12.6 Å². The number of hydrogen-bond acceptors (Lipinski definition) is 4. The first-order chi connectivity index (χ1) is 13.4. The van der Waals surface area contributed by atoms with Gasteiger partial charge in [0.2, 0.25) is 5.91 Å². The highest BCUT2D eigenvalue weighted by atomic mass is 16.2. The van der Waals surface area contributed by atoms with Gasteiger partial charge in [0.05, 0.1) is 11.0 Å². The number of nitrogens with one attached hydrogen (secondary N) is 1. The summed E-state index contributed by atoms with van der Waals surface area (Å²) in [6.07, 6.45) is 2.26. The first kappa shape index (κ1) is 19.0. The zero-order chi connectivity index (χ0) is 19.8. The van der Waals surface area contributed by atoms with Gasteiger partial charge in [0.25, 0.3) is 0 Å². The molecule has 150 valence electrons. The van der Waals surface area contributed by atoms with E-state index in [1.54, 1.807) is 16.2 Å². The molecule has 0 radical (unpaired) electrons. The zero-order valence-electron chi connectivity index (χ0n) is 16.8. The summed E-state index contributed by atoms with van der Waals surface area (Å²) in [4.78, 5) is 30.2. The number of likely N-dealkylation sites (N-methyl/N-ethyl adjacent to an activating group) is 1. The second-order valence-electron chi connectivity index (χ2n) is 8.08. The van der Waals surface area contributed by atoms with Crippen molar-refractivity contribution in [2.75, 3.05) is 39.8 Å². The predicted octanol–water partition coefficient (Wildman–Crippen LogP) is 1.09. The Kier molecular flexibility index (Phi) is 5.12. The van der Waals surface area contributed by atoms with Crippen molar-refractivity contribution in [1.82, 2.24) is 24.3 Å². The Morgan fingerprint density at radius 3 is 2.57 bits per heavy atom. The van der Waals surface area contributed by atoms with Crippen molar-refractivity contribution in [2.24, 2.45) is 7.05 Å². The number of nitrogens with zero attached hydrogens (tertiary/aromatic N) is 4.